The SMILES string of the molecule is CCCCC1(CCCC)CN(c2ccc(Br)cc2)c2cc(SC)c(OC=CC(=O)O)cc2S(=O)(=O)C1. The average molecular weight is 597 g/mol. The number of carbonyl (C=O) groups is 1. The van der Waals surface area contributed by atoms with Crippen molar-refractivity contribution in [1.29, 1.82) is 0 Å². The van der Waals surface area contributed by atoms with Crippen LogP contribution in [-0.2, 0) is 14.6 Å². The lowest BCUT2D eigenvalue weighted by atomic mass is 9.79. The summed E-state index contributed by atoms with van der Waals surface area (Å²) >= 11 is 4.94. The van der Waals surface area contributed by atoms with Crippen LogP contribution in [0.15, 0.2) is 63.0 Å². The molecule has 0 spiro atoms. The molecule has 2 aromatic carbocycles. The quantitative estimate of drug-likeness (QED) is 0.164. The van der Waals surface area contributed by atoms with Crippen LogP contribution < -0.4 is 9.64 Å². The Morgan fingerprint density at radius 1 is 1.17 bits per heavy atom. The van der Waals surface area contributed by atoms with Gasteiger partial charge in [-0.25, -0.2) is 13.2 Å². The van der Waals surface area contributed by atoms with Crippen LogP contribution in [0.4, 0.5) is 11.4 Å². The number of carboxylic acids is 1. The maximum absolute atomic E-state index is 14.0. The number of aliphatic carboxylic acids is 1. The van der Waals surface area contributed by atoms with E-state index in [-0.39, 0.29) is 16.1 Å². The number of hydrogen-bond donors (Lipinski definition) is 1. The van der Waals surface area contributed by atoms with E-state index >= 15 is 0 Å². The normalized spacial score (nSPS) is 16.5. The third-order valence-corrected chi connectivity index (χ3v) is 9.80. The Morgan fingerprint density at radius 3 is 2.36 bits per heavy atom. The van der Waals surface area contributed by atoms with Crippen LogP contribution in [0.1, 0.15) is 52.4 Å². The van der Waals surface area contributed by atoms with Crippen LogP contribution in [0, 0.1) is 5.41 Å². The average Bonchev–Trinajstić information content (AvgIpc) is 2.93. The Hall–Kier alpha value is -1.97. The minimum atomic E-state index is -3.67. The summed E-state index contributed by atoms with van der Waals surface area (Å²) in [7, 11) is -3.67. The minimum absolute atomic E-state index is 0.0725. The van der Waals surface area contributed by atoms with Crippen molar-refractivity contribution < 1.29 is 23.1 Å². The predicted octanol–water partition coefficient (Wildman–Crippen LogP) is 7.44. The molecule has 2 aromatic rings. The largest absolute Gasteiger partial charge is 0.478 e. The molecule has 6 nitrogen and oxygen atoms in total. The molecule has 0 atom stereocenters. The van der Waals surface area contributed by atoms with Crippen molar-refractivity contribution in [3.05, 3.63) is 53.2 Å². The van der Waals surface area contributed by atoms with Crippen molar-refractivity contribution in [3.63, 3.8) is 0 Å². The Labute approximate surface area is 227 Å². The van der Waals surface area contributed by atoms with Gasteiger partial charge < -0.3 is 14.7 Å². The summed E-state index contributed by atoms with van der Waals surface area (Å²) in [6.07, 6.45) is 9.46. The number of hydrogen-bond acceptors (Lipinski definition) is 6. The fourth-order valence-electron chi connectivity index (χ4n) is 4.74. The lowest BCUT2D eigenvalue weighted by molar-refractivity contribution is -0.131. The van der Waals surface area contributed by atoms with Crippen LogP contribution in [0.2, 0.25) is 0 Å². The van der Waals surface area contributed by atoms with Gasteiger partial charge in [-0.1, -0.05) is 55.5 Å². The van der Waals surface area contributed by atoms with Gasteiger partial charge in [-0.15, -0.1) is 11.8 Å². The molecule has 9 heteroatoms. The highest BCUT2D eigenvalue weighted by atomic mass is 79.9. The maximum Gasteiger partial charge on any atom is 0.331 e. The molecule has 0 radical (unpaired) electrons. The number of halogens is 1. The summed E-state index contributed by atoms with van der Waals surface area (Å²) in [6.45, 7) is 4.88. The third kappa shape index (κ3) is 6.86. The number of nitrogens with zero attached hydrogens (tertiary/aromatic N) is 1. The fraction of sp³-hybridized carbons (Fsp3) is 0.444. The van der Waals surface area contributed by atoms with E-state index in [0.29, 0.717) is 18.0 Å². The molecule has 1 aliphatic rings. The van der Waals surface area contributed by atoms with Crippen LogP contribution in [-0.4, -0.2) is 38.0 Å². The maximum atomic E-state index is 14.0. The Bertz CT molecular complexity index is 1190. The summed E-state index contributed by atoms with van der Waals surface area (Å²) in [6, 6.07) is 11.4. The second kappa shape index (κ2) is 12.5. The zero-order valence-corrected chi connectivity index (χ0v) is 24.2. The first-order valence-electron chi connectivity index (χ1n) is 12.2. The van der Waals surface area contributed by atoms with E-state index in [1.54, 1.807) is 6.07 Å². The Morgan fingerprint density at radius 2 is 1.81 bits per heavy atom. The number of fused-ring (bicyclic) bond motifs is 1. The van der Waals surface area contributed by atoms with E-state index in [1.807, 2.05) is 36.6 Å². The van der Waals surface area contributed by atoms with Gasteiger partial charge in [0.1, 0.15) is 5.75 Å². The molecule has 0 unspecified atom stereocenters. The van der Waals surface area contributed by atoms with Crippen molar-refractivity contribution in [2.75, 3.05) is 23.5 Å². The van der Waals surface area contributed by atoms with Crippen molar-refractivity contribution in [1.82, 2.24) is 0 Å². The zero-order valence-electron chi connectivity index (χ0n) is 21.0. The molecule has 196 valence electrons. The molecular formula is C27H34BrNO5S2. The first-order valence-corrected chi connectivity index (χ1v) is 15.9. The highest BCUT2D eigenvalue weighted by Gasteiger charge is 2.42. The van der Waals surface area contributed by atoms with Crippen LogP contribution in [0.5, 0.6) is 5.75 Å². The van der Waals surface area contributed by atoms with Crippen LogP contribution >= 0.6 is 27.7 Å². The first kappa shape index (κ1) is 28.6. The van der Waals surface area contributed by atoms with Gasteiger partial charge in [-0.05, 0) is 49.4 Å². The van der Waals surface area contributed by atoms with Gasteiger partial charge in [0.2, 0.25) is 0 Å². The Balaban J connectivity index is 2.24. The zero-order chi connectivity index (χ0) is 26.3. The van der Waals surface area contributed by atoms with Gasteiger partial charge >= 0.3 is 5.97 Å². The number of unbranched alkanes of at least 4 members (excludes halogenated alkanes) is 2. The molecule has 0 aromatic heterocycles. The molecule has 1 heterocycles. The standard InChI is InChI=1S/C27H34BrNO5S2/c1-4-6-13-27(14-7-5-2)18-29(21-10-8-20(28)9-11-21)22-16-24(35-3)23(34-15-12-26(30)31)17-25(22)36(32,33)19-27/h8-12,15-17H,4-7,13-14,18-19H2,1-3H3,(H,30,31). The first-order chi connectivity index (χ1) is 17.1. The fourth-order valence-corrected chi connectivity index (χ4v) is 7.66. The van der Waals surface area contributed by atoms with Gasteiger partial charge in [0, 0.05) is 28.2 Å². The van der Waals surface area contributed by atoms with Crippen molar-refractivity contribution in [2.45, 2.75) is 62.2 Å². The third-order valence-electron chi connectivity index (χ3n) is 6.53. The number of ether oxygens (including phenoxy) is 1. The van der Waals surface area contributed by atoms with E-state index in [2.05, 4.69) is 34.7 Å². The summed E-state index contributed by atoms with van der Waals surface area (Å²) in [5, 5.41) is 8.93. The molecule has 36 heavy (non-hydrogen) atoms. The van der Waals surface area contributed by atoms with E-state index in [9.17, 15) is 13.2 Å². The lowest BCUT2D eigenvalue weighted by Crippen LogP contribution is -2.38. The number of carboxylic acid groups (broad SMARTS) is 1. The van der Waals surface area contributed by atoms with Gasteiger partial charge in [0.15, 0.2) is 9.84 Å². The summed E-state index contributed by atoms with van der Waals surface area (Å²) in [4.78, 5) is 14.0. The molecule has 0 aliphatic carbocycles. The monoisotopic (exact) mass is 595 g/mol. The number of anilines is 2. The Kier molecular flexibility index (Phi) is 9.94. The van der Waals surface area contributed by atoms with E-state index in [1.165, 1.54) is 11.8 Å². The molecule has 0 amide bonds. The van der Waals surface area contributed by atoms with Crippen LogP contribution in [0.3, 0.4) is 0 Å². The highest BCUT2D eigenvalue weighted by Crippen LogP contribution is 2.47. The van der Waals surface area contributed by atoms with E-state index in [4.69, 9.17) is 9.84 Å². The van der Waals surface area contributed by atoms with E-state index in [0.717, 1.165) is 65.9 Å². The summed E-state index contributed by atoms with van der Waals surface area (Å²) in [5.74, 6) is -0.739. The van der Waals surface area contributed by atoms with Crippen molar-refractivity contribution >= 4 is 54.9 Å². The summed E-state index contributed by atoms with van der Waals surface area (Å²) < 4.78 is 34.5. The number of sulfone groups is 1. The lowest BCUT2D eigenvalue weighted by Gasteiger charge is -2.37. The molecule has 0 bridgehead atoms. The molecular weight excluding hydrogens is 562 g/mol. The molecule has 0 saturated heterocycles. The number of benzene rings is 2. The van der Waals surface area contributed by atoms with Crippen LogP contribution in [0.25, 0.3) is 0 Å². The molecule has 1 N–H and O–H groups in total. The second-order valence-corrected chi connectivity index (χ2v) is 13.0. The molecule has 3 rings (SSSR count). The van der Waals surface area contributed by atoms with Gasteiger partial charge in [-0.3, -0.25) is 0 Å². The second-order valence-electron chi connectivity index (χ2n) is 9.26. The van der Waals surface area contributed by atoms with Gasteiger partial charge in [0.25, 0.3) is 0 Å². The molecule has 1 aliphatic heterocycles. The molecule has 0 saturated carbocycles. The predicted molar refractivity (Wildman–Crippen MR) is 150 cm³/mol. The highest BCUT2D eigenvalue weighted by molar-refractivity contribution is 9.10. The molecule has 0 fully saturated rings. The smallest absolute Gasteiger partial charge is 0.331 e. The van der Waals surface area contributed by atoms with Crippen molar-refractivity contribution in [2.24, 2.45) is 5.41 Å². The minimum Gasteiger partial charge on any atom is -0.478 e. The van der Waals surface area contributed by atoms with E-state index < -0.39 is 15.8 Å². The van der Waals surface area contributed by atoms with Gasteiger partial charge in [0.05, 0.1) is 33.6 Å². The van der Waals surface area contributed by atoms with Crippen molar-refractivity contribution in [3.8, 4) is 5.75 Å². The van der Waals surface area contributed by atoms with Gasteiger partial charge in [-0.2, -0.15) is 0 Å². The topological polar surface area (TPSA) is 83.9 Å². The summed E-state index contributed by atoms with van der Waals surface area (Å²) in [5.41, 5.74) is 1.17. The number of rotatable bonds is 11. The number of thioether (sulfide) groups is 1.